The van der Waals surface area contributed by atoms with Crippen LogP contribution in [0, 0.1) is 6.92 Å². The van der Waals surface area contributed by atoms with Gasteiger partial charge in [-0.3, -0.25) is 9.52 Å². The van der Waals surface area contributed by atoms with Crippen molar-refractivity contribution >= 4 is 32.4 Å². The number of sulfonamides is 1. The highest BCUT2D eigenvalue weighted by Crippen LogP contribution is 2.30. The monoisotopic (exact) mass is 396 g/mol. The van der Waals surface area contributed by atoms with Crippen LogP contribution in [-0.4, -0.2) is 48.6 Å². The average Bonchev–Trinajstić information content (AvgIpc) is 2.93. The molecule has 10 heteroatoms. The van der Waals surface area contributed by atoms with Crippen LogP contribution in [0.25, 0.3) is 0 Å². The number of anilines is 1. The smallest absolute Gasteiger partial charge is 0.259 e. The second kappa shape index (κ2) is 7.20. The second-order valence-electron chi connectivity index (χ2n) is 5.98. The highest BCUT2D eigenvalue weighted by Gasteiger charge is 2.27. The first-order valence-electron chi connectivity index (χ1n) is 8.13. The molecule has 0 fully saturated rings. The quantitative estimate of drug-likeness (QED) is 0.827. The third-order valence-electron chi connectivity index (χ3n) is 3.80. The molecule has 1 aliphatic heterocycles. The Morgan fingerprint density at radius 1 is 1.38 bits per heavy atom. The Balaban J connectivity index is 1.81. The van der Waals surface area contributed by atoms with Gasteiger partial charge in [0.05, 0.1) is 25.1 Å². The van der Waals surface area contributed by atoms with E-state index >= 15 is 0 Å². The fourth-order valence-corrected chi connectivity index (χ4v) is 4.54. The molecule has 0 radical (unpaired) electrons. The van der Waals surface area contributed by atoms with E-state index in [1.807, 2.05) is 13.8 Å². The summed E-state index contributed by atoms with van der Waals surface area (Å²) in [6.45, 7) is 5.01. The van der Waals surface area contributed by atoms with Crippen LogP contribution in [0.4, 0.5) is 5.13 Å². The molecule has 2 aromatic rings. The van der Waals surface area contributed by atoms with Gasteiger partial charge in [0.1, 0.15) is 5.56 Å². The highest BCUT2D eigenvalue weighted by atomic mass is 32.2. The van der Waals surface area contributed by atoms with Gasteiger partial charge in [0.2, 0.25) is 15.9 Å². The Kier molecular flexibility index (Phi) is 5.15. The molecule has 0 aromatic carbocycles. The molecule has 1 aliphatic rings. The molecule has 8 nitrogen and oxygen atoms in total. The topological polar surface area (TPSA) is 101 Å². The summed E-state index contributed by atoms with van der Waals surface area (Å²) in [6.07, 6.45) is 1.66. The molecule has 1 amide bonds. The molecule has 0 saturated heterocycles. The summed E-state index contributed by atoms with van der Waals surface area (Å²) < 4.78 is 30.6. The van der Waals surface area contributed by atoms with E-state index in [4.69, 9.17) is 4.74 Å². The molecule has 26 heavy (non-hydrogen) atoms. The van der Waals surface area contributed by atoms with Crippen molar-refractivity contribution < 1.29 is 17.9 Å². The van der Waals surface area contributed by atoms with E-state index in [-0.39, 0.29) is 5.91 Å². The van der Waals surface area contributed by atoms with Crippen molar-refractivity contribution in [1.82, 2.24) is 14.9 Å². The minimum Gasteiger partial charge on any atom is -0.477 e. The van der Waals surface area contributed by atoms with Crippen LogP contribution in [0.1, 0.15) is 33.5 Å². The first kappa shape index (κ1) is 18.6. The summed E-state index contributed by atoms with van der Waals surface area (Å²) in [5.74, 6) is 0.185. The van der Waals surface area contributed by atoms with E-state index in [9.17, 15) is 13.2 Å². The third-order valence-corrected chi connectivity index (χ3v) is 5.49. The number of ether oxygens (including phenoxy) is 1. The Hall–Kier alpha value is -2.20. The van der Waals surface area contributed by atoms with Crippen LogP contribution in [-0.2, 0) is 23.0 Å². The van der Waals surface area contributed by atoms with Crippen molar-refractivity contribution in [3.05, 3.63) is 34.0 Å². The van der Waals surface area contributed by atoms with E-state index in [0.29, 0.717) is 42.7 Å². The zero-order chi connectivity index (χ0) is 18.9. The van der Waals surface area contributed by atoms with Crippen LogP contribution in [0.15, 0.2) is 12.1 Å². The lowest BCUT2D eigenvalue weighted by Gasteiger charge is -2.26. The molecule has 3 rings (SSSR count). The average molecular weight is 396 g/mol. The first-order valence-corrected chi connectivity index (χ1v) is 10.8. The maximum atomic E-state index is 12.9. The standard InChI is InChI=1S/C16H20N4O4S2/c1-4-24-14-11(6-5-10(2)17-14)15(21)20-8-7-12-13(9-20)25-16(18-12)19-26(3,22)23/h5-6H,4,7-9H2,1-3H3,(H,18,19). The van der Waals surface area contributed by atoms with Gasteiger partial charge in [-0.05, 0) is 26.0 Å². The molecule has 0 spiro atoms. The minimum absolute atomic E-state index is 0.155. The molecule has 0 aliphatic carbocycles. The number of carbonyl (C=O) groups is 1. The number of pyridine rings is 1. The number of thiazole rings is 1. The normalized spacial score (nSPS) is 14.0. The highest BCUT2D eigenvalue weighted by molar-refractivity contribution is 7.92. The molecule has 140 valence electrons. The SMILES string of the molecule is CCOc1nc(C)ccc1C(=O)N1CCc2nc(NS(C)(=O)=O)sc2C1. The number of aryl methyl sites for hydroxylation is 1. The molecule has 0 saturated carbocycles. The number of nitrogens with zero attached hydrogens (tertiary/aromatic N) is 3. The summed E-state index contributed by atoms with van der Waals surface area (Å²) >= 11 is 1.25. The van der Waals surface area contributed by atoms with E-state index in [1.54, 1.807) is 17.0 Å². The number of fused-ring (bicyclic) bond motifs is 1. The van der Waals surface area contributed by atoms with Crippen LogP contribution >= 0.6 is 11.3 Å². The number of aromatic nitrogens is 2. The van der Waals surface area contributed by atoms with Crippen LogP contribution < -0.4 is 9.46 Å². The van der Waals surface area contributed by atoms with Crippen molar-refractivity contribution in [1.29, 1.82) is 0 Å². The molecular weight excluding hydrogens is 376 g/mol. The fourth-order valence-electron chi connectivity index (χ4n) is 2.68. The summed E-state index contributed by atoms with van der Waals surface area (Å²) in [5.41, 5.74) is 2.04. The summed E-state index contributed by atoms with van der Waals surface area (Å²) in [5, 5.41) is 0.332. The van der Waals surface area contributed by atoms with Crippen LogP contribution in [0.2, 0.25) is 0 Å². The predicted octanol–water partition coefficient (Wildman–Crippen LogP) is 1.82. The predicted molar refractivity (Wildman–Crippen MR) is 99.2 cm³/mol. The minimum atomic E-state index is -3.37. The second-order valence-corrected chi connectivity index (χ2v) is 8.81. The first-order chi connectivity index (χ1) is 12.3. The van der Waals surface area contributed by atoms with E-state index in [1.165, 1.54) is 11.3 Å². The van der Waals surface area contributed by atoms with Gasteiger partial charge in [-0.25, -0.2) is 18.4 Å². The molecule has 2 aromatic heterocycles. The number of carbonyl (C=O) groups excluding carboxylic acids is 1. The third kappa shape index (κ3) is 4.13. The lowest BCUT2D eigenvalue weighted by atomic mass is 10.1. The molecule has 0 bridgehead atoms. The van der Waals surface area contributed by atoms with Crippen LogP contribution in [0.5, 0.6) is 5.88 Å². The molecule has 0 unspecified atom stereocenters. The maximum absolute atomic E-state index is 12.9. The van der Waals surface area contributed by atoms with Crippen molar-refractivity contribution in [2.45, 2.75) is 26.8 Å². The molecule has 0 atom stereocenters. The van der Waals surface area contributed by atoms with Gasteiger partial charge in [0.25, 0.3) is 5.91 Å². The summed E-state index contributed by atoms with van der Waals surface area (Å²) in [4.78, 5) is 24.1. The number of rotatable bonds is 5. The number of amides is 1. The van der Waals surface area contributed by atoms with Gasteiger partial charge >= 0.3 is 0 Å². The maximum Gasteiger partial charge on any atom is 0.259 e. The lowest BCUT2D eigenvalue weighted by Crippen LogP contribution is -2.35. The Labute approximate surface area is 156 Å². The Morgan fingerprint density at radius 3 is 2.85 bits per heavy atom. The van der Waals surface area contributed by atoms with Gasteiger partial charge in [-0.15, -0.1) is 0 Å². The van der Waals surface area contributed by atoms with E-state index in [2.05, 4.69) is 14.7 Å². The largest absolute Gasteiger partial charge is 0.477 e. The molecular formula is C16H20N4O4S2. The number of nitrogens with one attached hydrogen (secondary N) is 1. The zero-order valence-electron chi connectivity index (χ0n) is 14.8. The van der Waals surface area contributed by atoms with E-state index in [0.717, 1.165) is 22.5 Å². The van der Waals surface area contributed by atoms with Gasteiger partial charge in [-0.1, -0.05) is 11.3 Å². The summed E-state index contributed by atoms with van der Waals surface area (Å²) in [7, 11) is -3.37. The van der Waals surface area contributed by atoms with E-state index < -0.39 is 10.0 Å². The number of hydrogen-bond donors (Lipinski definition) is 1. The Bertz CT molecular complexity index is 940. The Morgan fingerprint density at radius 2 is 2.15 bits per heavy atom. The lowest BCUT2D eigenvalue weighted by molar-refractivity contribution is 0.0731. The van der Waals surface area contributed by atoms with Gasteiger partial charge < -0.3 is 9.64 Å². The van der Waals surface area contributed by atoms with Gasteiger partial charge in [-0.2, -0.15) is 0 Å². The molecule has 1 N–H and O–H groups in total. The van der Waals surface area contributed by atoms with Gasteiger partial charge in [0.15, 0.2) is 5.13 Å². The van der Waals surface area contributed by atoms with Crippen molar-refractivity contribution in [2.75, 3.05) is 24.1 Å². The summed E-state index contributed by atoms with van der Waals surface area (Å²) in [6, 6.07) is 3.51. The van der Waals surface area contributed by atoms with Crippen LogP contribution in [0.3, 0.4) is 0 Å². The molecule has 3 heterocycles. The number of hydrogen-bond acceptors (Lipinski definition) is 7. The van der Waals surface area contributed by atoms with Crippen molar-refractivity contribution in [2.24, 2.45) is 0 Å². The van der Waals surface area contributed by atoms with Crippen molar-refractivity contribution in [3.8, 4) is 5.88 Å². The van der Waals surface area contributed by atoms with Gasteiger partial charge in [0, 0.05) is 23.5 Å². The zero-order valence-corrected chi connectivity index (χ0v) is 16.4. The van der Waals surface area contributed by atoms with Crippen molar-refractivity contribution in [3.63, 3.8) is 0 Å². The fraction of sp³-hybridized carbons (Fsp3) is 0.438.